The third-order valence-electron chi connectivity index (χ3n) is 2.63. The number of ether oxygens (including phenoxy) is 1. The fourth-order valence-electron chi connectivity index (χ4n) is 1.64. The molecule has 6 nitrogen and oxygen atoms in total. The van der Waals surface area contributed by atoms with Crippen LogP contribution in [0.5, 0.6) is 0 Å². The summed E-state index contributed by atoms with van der Waals surface area (Å²) in [6.45, 7) is 3.44. The largest absolute Gasteiger partial charge is 0.396 e. The summed E-state index contributed by atoms with van der Waals surface area (Å²) >= 11 is 0. The van der Waals surface area contributed by atoms with Crippen molar-refractivity contribution >= 4 is 10.2 Å². The Balaban J connectivity index is 2.67. The molecular weight excluding hydrogens is 232 g/mol. The molecule has 1 saturated heterocycles. The Bertz CT molecular complexity index is 307. The molecule has 0 aliphatic carbocycles. The van der Waals surface area contributed by atoms with Gasteiger partial charge in [0.15, 0.2) is 0 Å². The van der Waals surface area contributed by atoms with Crippen molar-refractivity contribution in [2.75, 3.05) is 40.0 Å². The van der Waals surface area contributed by atoms with Crippen LogP contribution >= 0.6 is 0 Å². The van der Waals surface area contributed by atoms with Gasteiger partial charge in [0.05, 0.1) is 13.2 Å². The molecule has 1 unspecified atom stereocenters. The Labute approximate surface area is 97.0 Å². The van der Waals surface area contributed by atoms with Gasteiger partial charge in [0.25, 0.3) is 10.2 Å². The van der Waals surface area contributed by atoms with Crippen LogP contribution in [-0.4, -0.2) is 68.1 Å². The fraction of sp³-hybridized carbons (Fsp3) is 1.00. The van der Waals surface area contributed by atoms with Gasteiger partial charge in [0, 0.05) is 32.8 Å². The summed E-state index contributed by atoms with van der Waals surface area (Å²) < 4.78 is 32.2. The second-order valence-electron chi connectivity index (χ2n) is 3.94. The number of rotatable bonds is 5. The maximum Gasteiger partial charge on any atom is 0.282 e. The molecule has 0 bridgehead atoms. The summed E-state index contributed by atoms with van der Waals surface area (Å²) in [6, 6.07) is -0.129. The molecular formula is C9H20N2O4S. The third-order valence-corrected chi connectivity index (χ3v) is 4.73. The van der Waals surface area contributed by atoms with Gasteiger partial charge in [-0.1, -0.05) is 0 Å². The molecule has 0 amide bonds. The van der Waals surface area contributed by atoms with E-state index < -0.39 is 10.2 Å². The Hall–Kier alpha value is -0.210. The minimum absolute atomic E-state index is 0.00146. The van der Waals surface area contributed by atoms with Gasteiger partial charge >= 0.3 is 0 Å². The van der Waals surface area contributed by atoms with Crippen molar-refractivity contribution in [2.45, 2.75) is 19.4 Å². The summed E-state index contributed by atoms with van der Waals surface area (Å²) in [5.74, 6) is 0. The number of hydrogen-bond donors (Lipinski definition) is 1. The molecule has 1 aliphatic rings. The number of aliphatic hydroxyl groups excluding tert-OH is 1. The zero-order valence-corrected chi connectivity index (χ0v) is 10.6. The van der Waals surface area contributed by atoms with E-state index in [-0.39, 0.29) is 12.6 Å². The van der Waals surface area contributed by atoms with Crippen LogP contribution in [0.4, 0.5) is 0 Å². The van der Waals surface area contributed by atoms with Crippen LogP contribution in [0.15, 0.2) is 0 Å². The zero-order chi connectivity index (χ0) is 12.2. The topological polar surface area (TPSA) is 70.1 Å². The van der Waals surface area contributed by atoms with Crippen LogP contribution in [0.2, 0.25) is 0 Å². The summed E-state index contributed by atoms with van der Waals surface area (Å²) in [7, 11) is -1.87. The molecule has 1 heterocycles. The number of nitrogens with zero attached hydrogens (tertiary/aromatic N) is 2. The molecule has 0 radical (unpaired) electrons. The van der Waals surface area contributed by atoms with Crippen molar-refractivity contribution in [3.63, 3.8) is 0 Å². The highest BCUT2D eigenvalue weighted by Gasteiger charge is 2.32. The first-order valence-corrected chi connectivity index (χ1v) is 6.81. The van der Waals surface area contributed by atoms with E-state index in [2.05, 4.69) is 0 Å². The van der Waals surface area contributed by atoms with Crippen molar-refractivity contribution in [1.29, 1.82) is 0 Å². The molecule has 7 heteroatoms. The normalized spacial score (nSPS) is 23.9. The maximum absolute atomic E-state index is 12.1. The average Bonchev–Trinajstić information content (AvgIpc) is 2.26. The van der Waals surface area contributed by atoms with Gasteiger partial charge in [-0.25, -0.2) is 0 Å². The summed E-state index contributed by atoms with van der Waals surface area (Å²) in [6.07, 6.45) is 0.453. The second-order valence-corrected chi connectivity index (χ2v) is 5.93. The minimum Gasteiger partial charge on any atom is -0.396 e. The van der Waals surface area contributed by atoms with Crippen molar-refractivity contribution in [3.8, 4) is 0 Å². The van der Waals surface area contributed by atoms with Gasteiger partial charge < -0.3 is 9.84 Å². The van der Waals surface area contributed by atoms with E-state index in [1.807, 2.05) is 6.92 Å². The number of hydrogen-bond acceptors (Lipinski definition) is 4. The lowest BCUT2D eigenvalue weighted by atomic mass is 10.3. The molecule has 1 fully saturated rings. The fourth-order valence-corrected chi connectivity index (χ4v) is 3.18. The summed E-state index contributed by atoms with van der Waals surface area (Å²) in [5.41, 5.74) is 0. The highest BCUT2D eigenvalue weighted by Crippen LogP contribution is 2.14. The first-order valence-electron chi connectivity index (χ1n) is 5.42. The highest BCUT2D eigenvalue weighted by atomic mass is 32.2. The van der Waals surface area contributed by atoms with E-state index in [0.29, 0.717) is 32.7 Å². The predicted octanol–water partition coefficient (Wildman–Crippen LogP) is -0.734. The summed E-state index contributed by atoms with van der Waals surface area (Å²) in [5, 5.41) is 8.69. The molecule has 0 aromatic carbocycles. The summed E-state index contributed by atoms with van der Waals surface area (Å²) in [4.78, 5) is 0. The molecule has 16 heavy (non-hydrogen) atoms. The lowest BCUT2D eigenvalue weighted by Gasteiger charge is -2.34. The van der Waals surface area contributed by atoms with Crippen LogP contribution < -0.4 is 0 Å². The molecule has 0 aromatic rings. The molecule has 1 rings (SSSR count). The smallest absolute Gasteiger partial charge is 0.282 e. The first kappa shape index (κ1) is 13.9. The molecule has 1 N–H and O–H groups in total. The first-order chi connectivity index (χ1) is 7.50. The van der Waals surface area contributed by atoms with E-state index in [9.17, 15) is 8.42 Å². The minimum atomic E-state index is -3.41. The standard InChI is InChI=1S/C9H20N2O4S/c1-9-8-15-7-5-11(9)16(13,14)10(2)4-3-6-12/h9,12H,3-8H2,1-2H3. The van der Waals surface area contributed by atoms with Crippen LogP contribution in [0.25, 0.3) is 0 Å². The Morgan fingerprint density at radius 2 is 2.25 bits per heavy atom. The molecule has 0 saturated carbocycles. The van der Waals surface area contributed by atoms with E-state index >= 15 is 0 Å². The molecule has 96 valence electrons. The van der Waals surface area contributed by atoms with Crippen LogP contribution in [-0.2, 0) is 14.9 Å². The number of morpholine rings is 1. The Morgan fingerprint density at radius 1 is 1.56 bits per heavy atom. The molecule has 0 spiro atoms. The van der Waals surface area contributed by atoms with Crippen LogP contribution in [0.1, 0.15) is 13.3 Å². The van der Waals surface area contributed by atoms with Gasteiger partial charge in [0.2, 0.25) is 0 Å². The second kappa shape index (κ2) is 5.92. The quantitative estimate of drug-likeness (QED) is 0.700. The monoisotopic (exact) mass is 252 g/mol. The van der Waals surface area contributed by atoms with Gasteiger partial charge in [-0.15, -0.1) is 0 Å². The molecule has 1 atom stereocenters. The van der Waals surface area contributed by atoms with Crippen molar-refractivity contribution in [2.24, 2.45) is 0 Å². The van der Waals surface area contributed by atoms with Crippen LogP contribution in [0.3, 0.4) is 0 Å². The van der Waals surface area contributed by atoms with Crippen molar-refractivity contribution in [1.82, 2.24) is 8.61 Å². The van der Waals surface area contributed by atoms with Gasteiger partial charge in [0.1, 0.15) is 0 Å². The van der Waals surface area contributed by atoms with Crippen molar-refractivity contribution in [3.05, 3.63) is 0 Å². The SMILES string of the molecule is CC1COCCN1S(=O)(=O)N(C)CCCO. The van der Waals surface area contributed by atoms with Crippen LogP contribution in [0, 0.1) is 0 Å². The lowest BCUT2D eigenvalue weighted by Crippen LogP contribution is -2.52. The zero-order valence-electron chi connectivity index (χ0n) is 9.79. The number of aliphatic hydroxyl groups is 1. The predicted molar refractivity (Wildman–Crippen MR) is 60.2 cm³/mol. The average molecular weight is 252 g/mol. The van der Waals surface area contributed by atoms with E-state index in [0.717, 1.165) is 0 Å². The Morgan fingerprint density at radius 3 is 2.81 bits per heavy atom. The van der Waals surface area contributed by atoms with Crippen molar-refractivity contribution < 1.29 is 18.3 Å². The van der Waals surface area contributed by atoms with E-state index in [4.69, 9.17) is 9.84 Å². The molecule has 1 aliphatic heterocycles. The highest BCUT2D eigenvalue weighted by molar-refractivity contribution is 7.86. The van der Waals surface area contributed by atoms with Gasteiger partial charge in [-0.2, -0.15) is 17.0 Å². The van der Waals surface area contributed by atoms with Gasteiger partial charge in [-0.3, -0.25) is 0 Å². The lowest BCUT2D eigenvalue weighted by molar-refractivity contribution is 0.0367. The van der Waals surface area contributed by atoms with E-state index in [1.165, 1.54) is 15.7 Å². The maximum atomic E-state index is 12.1. The van der Waals surface area contributed by atoms with E-state index in [1.54, 1.807) is 0 Å². The van der Waals surface area contributed by atoms with Gasteiger partial charge in [-0.05, 0) is 13.3 Å². The molecule has 0 aromatic heterocycles. The Kier molecular flexibility index (Phi) is 5.13. The third kappa shape index (κ3) is 3.14.